The Hall–Kier alpha value is -1.26. The van der Waals surface area contributed by atoms with Gasteiger partial charge in [-0.15, -0.1) is 0 Å². The van der Waals surface area contributed by atoms with Gasteiger partial charge in [-0.25, -0.2) is 4.79 Å². The van der Waals surface area contributed by atoms with Crippen LogP contribution in [0.2, 0.25) is 5.02 Å². The molecule has 0 aliphatic rings. The minimum atomic E-state index is -1.03. The maximum Gasteiger partial charge on any atom is 0.360 e. The average Bonchev–Trinajstić information content (AvgIpc) is 2.15. The molecule has 4 nitrogen and oxygen atoms in total. The lowest BCUT2D eigenvalue weighted by atomic mass is 10.2. The molecular formula is C11H14ClNO3. The Kier molecular flexibility index (Phi) is 4.15. The van der Waals surface area contributed by atoms with Crippen LogP contribution in [0, 0.1) is 6.92 Å². The molecular weight excluding hydrogens is 230 g/mol. The topological polar surface area (TPSA) is 49.8 Å². The van der Waals surface area contributed by atoms with Crippen LogP contribution in [0.3, 0.4) is 0 Å². The fraction of sp³-hybridized carbons (Fsp3) is 0.364. The summed E-state index contributed by atoms with van der Waals surface area (Å²) in [5, 5.41) is 9.56. The van der Waals surface area contributed by atoms with Crippen molar-refractivity contribution in [2.75, 3.05) is 14.1 Å². The van der Waals surface area contributed by atoms with Crippen LogP contribution in [0.5, 0.6) is 5.75 Å². The second-order valence-corrected chi connectivity index (χ2v) is 4.12. The number of hydrogen-bond donors (Lipinski definition) is 1. The zero-order chi connectivity index (χ0) is 12.3. The Labute approximate surface area is 99.4 Å². The van der Waals surface area contributed by atoms with Gasteiger partial charge < -0.3 is 9.84 Å². The van der Waals surface area contributed by atoms with Gasteiger partial charge in [0.15, 0.2) is 0 Å². The highest BCUT2D eigenvalue weighted by molar-refractivity contribution is 6.30. The summed E-state index contributed by atoms with van der Waals surface area (Å²) in [6.07, 6.45) is -1.00. The first-order valence-electron chi connectivity index (χ1n) is 4.74. The van der Waals surface area contributed by atoms with Crippen LogP contribution < -0.4 is 4.74 Å². The van der Waals surface area contributed by atoms with E-state index in [-0.39, 0.29) is 0 Å². The maximum absolute atomic E-state index is 10.9. The van der Waals surface area contributed by atoms with Crippen molar-refractivity contribution in [1.82, 2.24) is 4.90 Å². The highest BCUT2D eigenvalue weighted by Crippen LogP contribution is 2.23. The summed E-state index contributed by atoms with van der Waals surface area (Å²) in [4.78, 5) is 12.4. The van der Waals surface area contributed by atoms with E-state index < -0.39 is 12.2 Å². The Morgan fingerprint density at radius 1 is 1.50 bits per heavy atom. The minimum absolute atomic E-state index is 0.519. The zero-order valence-corrected chi connectivity index (χ0v) is 10.2. The molecule has 1 aromatic carbocycles. The molecule has 88 valence electrons. The van der Waals surface area contributed by atoms with Crippen LogP contribution >= 0.6 is 11.6 Å². The second kappa shape index (κ2) is 5.18. The molecule has 0 saturated carbocycles. The quantitative estimate of drug-likeness (QED) is 0.822. The third kappa shape index (κ3) is 3.12. The van der Waals surface area contributed by atoms with Crippen molar-refractivity contribution >= 4 is 17.6 Å². The molecule has 0 saturated heterocycles. The Morgan fingerprint density at radius 3 is 2.56 bits per heavy atom. The normalized spacial score (nSPS) is 12.6. The van der Waals surface area contributed by atoms with Crippen molar-refractivity contribution in [1.29, 1.82) is 0 Å². The van der Waals surface area contributed by atoms with E-state index in [0.717, 1.165) is 5.56 Å². The van der Waals surface area contributed by atoms with Gasteiger partial charge in [-0.2, -0.15) is 0 Å². The first kappa shape index (κ1) is 12.8. The molecule has 1 atom stereocenters. The number of carboxylic acids is 1. The number of hydrogen-bond acceptors (Lipinski definition) is 3. The lowest BCUT2D eigenvalue weighted by Crippen LogP contribution is -2.40. The van der Waals surface area contributed by atoms with Crippen molar-refractivity contribution in [2.24, 2.45) is 0 Å². The summed E-state index contributed by atoms with van der Waals surface area (Å²) in [6, 6.07) is 5.06. The fourth-order valence-corrected chi connectivity index (χ4v) is 1.47. The van der Waals surface area contributed by atoms with Gasteiger partial charge in [-0.3, -0.25) is 4.90 Å². The summed E-state index contributed by atoms with van der Waals surface area (Å²) < 4.78 is 5.39. The van der Waals surface area contributed by atoms with E-state index in [1.54, 1.807) is 32.3 Å². The molecule has 0 amide bonds. The molecule has 5 heteroatoms. The molecule has 1 aromatic rings. The molecule has 1 rings (SSSR count). The van der Waals surface area contributed by atoms with Crippen molar-refractivity contribution in [2.45, 2.75) is 13.2 Å². The van der Waals surface area contributed by atoms with Crippen LogP contribution in [0.25, 0.3) is 0 Å². The predicted octanol–water partition coefficient (Wildman–Crippen LogP) is 2.00. The van der Waals surface area contributed by atoms with E-state index in [1.165, 1.54) is 4.90 Å². The largest absolute Gasteiger partial charge is 0.477 e. The SMILES string of the molecule is Cc1cc(Cl)ccc1OC(C(=O)O)N(C)C. The number of carboxylic acid groups (broad SMARTS) is 1. The maximum atomic E-state index is 10.9. The number of likely N-dealkylation sites (N-methyl/N-ethyl adjacent to an activating group) is 1. The highest BCUT2D eigenvalue weighted by atomic mass is 35.5. The van der Waals surface area contributed by atoms with E-state index in [2.05, 4.69) is 0 Å². The minimum Gasteiger partial charge on any atom is -0.477 e. The number of rotatable bonds is 4. The number of nitrogens with zero attached hydrogens (tertiary/aromatic N) is 1. The van der Waals surface area contributed by atoms with Gasteiger partial charge in [0.2, 0.25) is 6.23 Å². The fourth-order valence-electron chi connectivity index (χ4n) is 1.24. The summed E-state index contributed by atoms with van der Waals surface area (Å²) in [6.45, 7) is 1.82. The third-order valence-electron chi connectivity index (χ3n) is 2.06. The standard InChI is InChI=1S/C11H14ClNO3/c1-7-6-8(12)4-5-9(7)16-10(11(14)15)13(2)3/h4-6,10H,1-3H3,(H,14,15). The van der Waals surface area contributed by atoms with Gasteiger partial charge in [0.1, 0.15) is 5.75 Å². The van der Waals surface area contributed by atoms with E-state index in [0.29, 0.717) is 10.8 Å². The zero-order valence-electron chi connectivity index (χ0n) is 9.40. The Bertz CT molecular complexity index is 393. The van der Waals surface area contributed by atoms with Crippen LogP contribution in [0.1, 0.15) is 5.56 Å². The van der Waals surface area contributed by atoms with Gasteiger partial charge in [-0.05, 0) is 44.8 Å². The average molecular weight is 244 g/mol. The van der Waals surface area contributed by atoms with Crippen molar-refractivity contribution < 1.29 is 14.6 Å². The highest BCUT2D eigenvalue weighted by Gasteiger charge is 2.22. The van der Waals surface area contributed by atoms with Crippen molar-refractivity contribution in [3.63, 3.8) is 0 Å². The van der Waals surface area contributed by atoms with Crippen molar-refractivity contribution in [3.05, 3.63) is 28.8 Å². The molecule has 0 aliphatic heterocycles. The van der Waals surface area contributed by atoms with E-state index >= 15 is 0 Å². The van der Waals surface area contributed by atoms with Crippen LogP contribution in [0.15, 0.2) is 18.2 Å². The van der Waals surface area contributed by atoms with Gasteiger partial charge in [0.25, 0.3) is 0 Å². The lowest BCUT2D eigenvalue weighted by molar-refractivity contribution is -0.152. The van der Waals surface area contributed by atoms with Crippen molar-refractivity contribution in [3.8, 4) is 5.75 Å². The predicted molar refractivity (Wildman–Crippen MR) is 61.9 cm³/mol. The second-order valence-electron chi connectivity index (χ2n) is 3.68. The summed E-state index contributed by atoms with van der Waals surface area (Å²) in [5.74, 6) is -0.509. The first-order chi connectivity index (χ1) is 7.41. The summed E-state index contributed by atoms with van der Waals surface area (Å²) in [7, 11) is 3.29. The summed E-state index contributed by atoms with van der Waals surface area (Å²) in [5.41, 5.74) is 0.806. The molecule has 1 N–H and O–H groups in total. The monoisotopic (exact) mass is 243 g/mol. The van der Waals surface area contributed by atoms with Crippen LogP contribution in [0.4, 0.5) is 0 Å². The number of aryl methyl sites for hydroxylation is 1. The summed E-state index contributed by atoms with van der Waals surface area (Å²) >= 11 is 5.80. The number of aliphatic carboxylic acids is 1. The molecule has 0 radical (unpaired) electrons. The molecule has 0 spiro atoms. The van der Waals surface area contributed by atoms with Gasteiger partial charge in [-0.1, -0.05) is 11.6 Å². The smallest absolute Gasteiger partial charge is 0.360 e. The third-order valence-corrected chi connectivity index (χ3v) is 2.29. The Morgan fingerprint density at radius 2 is 2.12 bits per heavy atom. The molecule has 0 aromatic heterocycles. The van der Waals surface area contributed by atoms with Gasteiger partial charge in [0, 0.05) is 5.02 Å². The molecule has 0 bridgehead atoms. The van der Waals surface area contributed by atoms with Crippen LogP contribution in [-0.2, 0) is 4.79 Å². The number of benzene rings is 1. The molecule has 1 unspecified atom stereocenters. The molecule has 0 heterocycles. The van der Waals surface area contributed by atoms with E-state index in [9.17, 15) is 4.79 Å². The molecule has 0 aliphatic carbocycles. The number of carbonyl (C=O) groups is 1. The Balaban J connectivity index is 2.90. The van der Waals surface area contributed by atoms with E-state index in [4.69, 9.17) is 21.4 Å². The molecule has 0 fully saturated rings. The van der Waals surface area contributed by atoms with E-state index in [1.807, 2.05) is 6.92 Å². The lowest BCUT2D eigenvalue weighted by Gasteiger charge is -2.22. The first-order valence-corrected chi connectivity index (χ1v) is 5.11. The van der Waals surface area contributed by atoms with Gasteiger partial charge in [0.05, 0.1) is 0 Å². The van der Waals surface area contributed by atoms with Gasteiger partial charge >= 0.3 is 5.97 Å². The number of halogens is 1. The van der Waals surface area contributed by atoms with Crippen LogP contribution in [-0.4, -0.2) is 36.3 Å². The molecule has 16 heavy (non-hydrogen) atoms. The number of ether oxygens (including phenoxy) is 1.